The lowest BCUT2D eigenvalue weighted by atomic mass is 9.91. The molecule has 0 atom stereocenters. The van der Waals surface area contributed by atoms with Crippen molar-refractivity contribution in [3.8, 4) is 23.0 Å². The number of rotatable bonds is 7. The summed E-state index contributed by atoms with van der Waals surface area (Å²) in [6.07, 6.45) is 1.81. The van der Waals surface area contributed by atoms with E-state index in [0.29, 0.717) is 37.2 Å². The Hall–Kier alpha value is -4.98. The normalized spacial score (nSPS) is 12.2. The van der Waals surface area contributed by atoms with Crippen molar-refractivity contribution in [1.82, 2.24) is 9.80 Å². The van der Waals surface area contributed by atoms with E-state index in [-0.39, 0.29) is 30.8 Å². The van der Waals surface area contributed by atoms with E-state index in [0.717, 1.165) is 50.3 Å². The Morgan fingerprint density at radius 2 is 0.844 bits per heavy atom. The van der Waals surface area contributed by atoms with Gasteiger partial charge in [-0.15, -0.1) is 0 Å². The zero-order valence-electron chi connectivity index (χ0n) is 26.6. The lowest BCUT2D eigenvalue weighted by molar-refractivity contribution is -0.131. The van der Waals surface area contributed by atoms with Gasteiger partial charge in [0.25, 0.3) is 11.8 Å². The number of hydrogen-bond acceptors (Lipinski definition) is 6. The maximum Gasteiger partial charge on any atom is 0.259 e. The second-order valence-corrected chi connectivity index (χ2v) is 11.7. The number of benzene rings is 4. The van der Waals surface area contributed by atoms with Crippen LogP contribution in [0.25, 0.3) is 0 Å². The van der Waals surface area contributed by atoms with Crippen molar-refractivity contribution in [3.63, 3.8) is 0 Å². The highest BCUT2D eigenvalue weighted by Gasteiger charge is 2.21. The summed E-state index contributed by atoms with van der Waals surface area (Å²) in [7, 11) is 8.48. The molecule has 2 amide bonds. The molecule has 5 rings (SSSR count). The molecule has 4 aromatic carbocycles. The summed E-state index contributed by atoms with van der Waals surface area (Å²) >= 11 is 0. The molecular formula is C37H40N2O6. The highest BCUT2D eigenvalue weighted by atomic mass is 16.5. The predicted octanol–water partition coefficient (Wildman–Crippen LogP) is 5.01. The molecule has 0 aliphatic heterocycles. The number of hydrogen-bond donors (Lipinski definition) is 1. The molecule has 0 fully saturated rings. The summed E-state index contributed by atoms with van der Waals surface area (Å²) in [6, 6.07) is 23.7. The maximum absolute atomic E-state index is 12.6. The third-order valence-electron chi connectivity index (χ3n) is 8.14. The minimum absolute atomic E-state index is 0.103. The van der Waals surface area contributed by atoms with Gasteiger partial charge in [0.1, 0.15) is 23.0 Å². The van der Waals surface area contributed by atoms with Crippen LogP contribution < -0.4 is 14.2 Å². The van der Waals surface area contributed by atoms with Gasteiger partial charge in [0.2, 0.25) is 0 Å². The molecule has 8 nitrogen and oxygen atoms in total. The summed E-state index contributed by atoms with van der Waals surface area (Å²) in [5.41, 5.74) is 6.95. The molecule has 0 heterocycles. The van der Waals surface area contributed by atoms with Gasteiger partial charge in [-0.25, -0.2) is 0 Å². The van der Waals surface area contributed by atoms with E-state index < -0.39 is 0 Å². The summed E-state index contributed by atoms with van der Waals surface area (Å²) in [6.45, 7) is -0.206. The van der Waals surface area contributed by atoms with Crippen molar-refractivity contribution >= 4 is 11.8 Å². The smallest absolute Gasteiger partial charge is 0.259 e. The molecule has 0 aromatic heterocycles. The molecule has 8 bridgehead atoms. The second kappa shape index (κ2) is 13.8. The van der Waals surface area contributed by atoms with Crippen LogP contribution in [0.2, 0.25) is 0 Å². The first-order valence-corrected chi connectivity index (χ1v) is 15.0. The highest BCUT2D eigenvalue weighted by molar-refractivity contribution is 5.77. The van der Waals surface area contributed by atoms with Crippen LogP contribution in [-0.2, 0) is 35.3 Å². The van der Waals surface area contributed by atoms with Crippen LogP contribution in [0.4, 0.5) is 0 Å². The van der Waals surface area contributed by atoms with Crippen LogP contribution in [-0.4, -0.2) is 75.2 Å². The third-order valence-corrected chi connectivity index (χ3v) is 8.14. The first kappa shape index (κ1) is 31.4. The molecule has 0 spiro atoms. The lowest BCUT2D eigenvalue weighted by Crippen LogP contribution is -2.28. The van der Waals surface area contributed by atoms with E-state index in [1.807, 2.05) is 72.8 Å². The number of methoxy groups -OCH3 is 1. The van der Waals surface area contributed by atoms with Gasteiger partial charge in [-0.1, -0.05) is 72.8 Å². The van der Waals surface area contributed by atoms with Crippen molar-refractivity contribution in [2.75, 3.05) is 48.5 Å². The molecular weight excluding hydrogens is 568 g/mol. The standard InChI is InChI=1S/C37H40N2O6/c1-38(2)32(40)22-44-36-28-14-8-16-30(36)20-26-12-7-13-27(35(26)43-5)21-31-17-9-15-29(37(31)45-23-33(41)39(3)4)19-25-11-6-10-24(18-28)34(25)42/h6-17,42H,18-23H2,1-5H3. The Balaban J connectivity index is 1.68. The van der Waals surface area contributed by atoms with Gasteiger partial charge in [-0.05, 0) is 44.5 Å². The number of para-hydroxylation sites is 4. The number of aromatic hydroxyl groups is 1. The zero-order chi connectivity index (χ0) is 32.1. The van der Waals surface area contributed by atoms with Crippen LogP contribution in [0.5, 0.6) is 23.0 Å². The number of phenols is 1. The molecule has 0 unspecified atom stereocenters. The van der Waals surface area contributed by atoms with Crippen molar-refractivity contribution in [3.05, 3.63) is 117 Å². The lowest BCUT2D eigenvalue weighted by Gasteiger charge is -2.21. The Kier molecular flexibility index (Phi) is 9.62. The summed E-state index contributed by atoms with van der Waals surface area (Å²) < 4.78 is 18.5. The molecule has 4 aromatic rings. The molecule has 0 radical (unpaired) electrons. The number of phenolic OH excluding ortho intramolecular Hbond substituents is 1. The van der Waals surface area contributed by atoms with Crippen LogP contribution in [0.1, 0.15) is 44.5 Å². The molecule has 0 saturated heterocycles. The average molecular weight is 609 g/mol. The minimum Gasteiger partial charge on any atom is -0.507 e. The molecule has 0 saturated carbocycles. The first-order valence-electron chi connectivity index (χ1n) is 15.0. The van der Waals surface area contributed by atoms with Gasteiger partial charge >= 0.3 is 0 Å². The van der Waals surface area contributed by atoms with Gasteiger partial charge in [-0.2, -0.15) is 0 Å². The Labute approximate surface area is 264 Å². The van der Waals surface area contributed by atoms with Gasteiger partial charge < -0.3 is 29.1 Å². The van der Waals surface area contributed by atoms with Crippen LogP contribution >= 0.6 is 0 Å². The number of carbonyl (C=O) groups is 2. The Bertz CT molecular complexity index is 1600. The third kappa shape index (κ3) is 7.06. The Morgan fingerprint density at radius 3 is 1.16 bits per heavy atom. The summed E-state index contributed by atoms with van der Waals surface area (Å²) in [5.74, 6) is 1.92. The average Bonchev–Trinajstić information content (AvgIpc) is 3.01. The van der Waals surface area contributed by atoms with Crippen molar-refractivity contribution in [2.45, 2.75) is 25.7 Å². The quantitative estimate of drug-likeness (QED) is 0.280. The van der Waals surface area contributed by atoms with Gasteiger partial charge in [0, 0.05) is 53.9 Å². The molecule has 45 heavy (non-hydrogen) atoms. The van der Waals surface area contributed by atoms with Crippen molar-refractivity contribution in [2.24, 2.45) is 0 Å². The van der Waals surface area contributed by atoms with Gasteiger partial charge in [-0.3, -0.25) is 9.59 Å². The first-order chi connectivity index (χ1) is 21.7. The van der Waals surface area contributed by atoms with Crippen LogP contribution in [0.15, 0.2) is 72.8 Å². The minimum atomic E-state index is -0.145. The highest BCUT2D eigenvalue weighted by Crippen LogP contribution is 2.38. The number of likely N-dealkylation sites (N-methyl/N-ethyl adjacent to an activating group) is 2. The largest absolute Gasteiger partial charge is 0.507 e. The van der Waals surface area contributed by atoms with E-state index in [9.17, 15) is 14.7 Å². The number of fused-ring (bicyclic) bond motifs is 8. The molecule has 234 valence electrons. The fourth-order valence-corrected chi connectivity index (χ4v) is 5.66. The molecule has 1 aliphatic carbocycles. The number of ether oxygens (including phenoxy) is 3. The monoisotopic (exact) mass is 608 g/mol. The van der Waals surface area contributed by atoms with E-state index in [1.165, 1.54) is 9.80 Å². The molecule has 8 heteroatoms. The fourth-order valence-electron chi connectivity index (χ4n) is 5.66. The van der Waals surface area contributed by atoms with E-state index in [4.69, 9.17) is 14.2 Å². The van der Waals surface area contributed by atoms with E-state index in [1.54, 1.807) is 35.3 Å². The zero-order valence-corrected chi connectivity index (χ0v) is 26.6. The van der Waals surface area contributed by atoms with Gasteiger partial charge in [0.05, 0.1) is 7.11 Å². The number of amides is 2. The number of carbonyl (C=O) groups excluding carboxylic acids is 2. The Morgan fingerprint density at radius 1 is 0.556 bits per heavy atom. The van der Waals surface area contributed by atoms with Crippen molar-refractivity contribution < 1.29 is 28.9 Å². The topological polar surface area (TPSA) is 88.5 Å². The predicted molar refractivity (Wildman–Crippen MR) is 174 cm³/mol. The SMILES string of the molecule is COc1c2cccc1Cc1cccc(c1OCC(=O)N(C)C)Cc1cccc(c1O)Cc1cccc(c1OCC(=O)N(C)C)C2. The molecule has 1 N–H and O–H groups in total. The maximum atomic E-state index is 12.6. The number of nitrogens with zero attached hydrogens (tertiary/aromatic N) is 2. The van der Waals surface area contributed by atoms with Crippen LogP contribution in [0, 0.1) is 0 Å². The second-order valence-electron chi connectivity index (χ2n) is 11.7. The van der Waals surface area contributed by atoms with Gasteiger partial charge in [0.15, 0.2) is 13.2 Å². The van der Waals surface area contributed by atoms with Crippen molar-refractivity contribution in [1.29, 1.82) is 0 Å². The summed E-state index contributed by atoms with van der Waals surface area (Å²) in [5, 5.41) is 11.5. The summed E-state index contributed by atoms with van der Waals surface area (Å²) in [4.78, 5) is 28.1. The fraction of sp³-hybridized carbons (Fsp3) is 0.297. The van der Waals surface area contributed by atoms with Crippen LogP contribution in [0.3, 0.4) is 0 Å². The molecule has 1 aliphatic rings. The van der Waals surface area contributed by atoms with E-state index in [2.05, 4.69) is 0 Å². The van der Waals surface area contributed by atoms with E-state index >= 15 is 0 Å².